The summed E-state index contributed by atoms with van der Waals surface area (Å²) in [7, 11) is 0. The maximum absolute atomic E-state index is 13.6. The summed E-state index contributed by atoms with van der Waals surface area (Å²) in [5.41, 5.74) is 3.27. The molecule has 198 valence electrons. The number of carboxylic acid groups (broad SMARTS) is 1. The van der Waals surface area contributed by atoms with E-state index >= 15 is 0 Å². The average molecular weight is 504 g/mol. The monoisotopic (exact) mass is 503 g/mol. The van der Waals surface area contributed by atoms with Gasteiger partial charge < -0.3 is 15.4 Å². The molecule has 1 unspecified atom stereocenters. The number of imidazole rings is 1. The van der Waals surface area contributed by atoms with Gasteiger partial charge in [-0.15, -0.1) is 0 Å². The number of carbonyl (C=O) groups excluding carboxylic acids is 1. The van der Waals surface area contributed by atoms with E-state index in [1.165, 1.54) is 57.8 Å². The molecule has 6 nitrogen and oxygen atoms in total. The zero-order valence-electron chi connectivity index (χ0n) is 22.1. The largest absolute Gasteiger partial charge is 0.481 e. The van der Waals surface area contributed by atoms with Gasteiger partial charge in [-0.05, 0) is 112 Å². The predicted molar refractivity (Wildman–Crippen MR) is 144 cm³/mol. The second-order valence-electron chi connectivity index (χ2n) is 12.8. The third-order valence-electron chi connectivity index (χ3n) is 10.1. The minimum Gasteiger partial charge on any atom is -0.481 e. The summed E-state index contributed by atoms with van der Waals surface area (Å²) in [4.78, 5) is 33.6. The number of H-pyrrole nitrogens is 1. The van der Waals surface area contributed by atoms with E-state index in [9.17, 15) is 14.7 Å². The van der Waals surface area contributed by atoms with Crippen LogP contribution in [0.25, 0.3) is 0 Å². The number of rotatable bonds is 8. The smallest absolute Gasteiger partial charge is 0.310 e. The zero-order valence-corrected chi connectivity index (χ0v) is 22.1. The summed E-state index contributed by atoms with van der Waals surface area (Å²) < 4.78 is 0. The number of hydrogen-bond acceptors (Lipinski definition) is 3. The van der Waals surface area contributed by atoms with Gasteiger partial charge in [0.25, 0.3) is 5.91 Å². The first-order chi connectivity index (χ1) is 17.9. The van der Waals surface area contributed by atoms with Crippen LogP contribution in [-0.4, -0.2) is 27.0 Å². The molecule has 5 saturated carbocycles. The van der Waals surface area contributed by atoms with E-state index in [1.807, 2.05) is 6.07 Å². The molecular weight excluding hydrogens is 462 g/mol. The summed E-state index contributed by atoms with van der Waals surface area (Å²) in [6.45, 7) is 1.66. The van der Waals surface area contributed by atoms with E-state index in [0.29, 0.717) is 28.3 Å². The van der Waals surface area contributed by atoms with E-state index in [4.69, 9.17) is 4.98 Å². The van der Waals surface area contributed by atoms with Crippen molar-refractivity contribution in [2.45, 2.75) is 102 Å². The molecule has 7 rings (SSSR count). The number of benzene rings is 1. The van der Waals surface area contributed by atoms with Crippen LogP contribution in [0.2, 0.25) is 0 Å². The number of carboxylic acids is 1. The maximum atomic E-state index is 13.6. The Bertz CT molecular complexity index is 1130. The number of anilines is 1. The fourth-order valence-electron chi connectivity index (χ4n) is 8.57. The summed E-state index contributed by atoms with van der Waals surface area (Å²) in [5.74, 6) is 2.47. The van der Waals surface area contributed by atoms with E-state index in [1.54, 1.807) is 25.1 Å². The van der Waals surface area contributed by atoms with E-state index in [-0.39, 0.29) is 5.91 Å². The Hall–Kier alpha value is -2.63. The Labute approximate surface area is 220 Å². The molecule has 3 N–H and O–H groups in total. The molecule has 5 aliphatic rings. The van der Waals surface area contributed by atoms with E-state index in [0.717, 1.165) is 55.0 Å². The number of aromatic amines is 1. The normalized spacial score (nSPS) is 29.8. The maximum Gasteiger partial charge on any atom is 0.310 e. The summed E-state index contributed by atoms with van der Waals surface area (Å²) >= 11 is 0. The number of hydrogen-bond donors (Lipinski definition) is 3. The Morgan fingerprint density at radius 3 is 2.41 bits per heavy atom. The van der Waals surface area contributed by atoms with Gasteiger partial charge >= 0.3 is 5.97 Å². The Kier molecular flexibility index (Phi) is 6.62. The lowest BCUT2D eigenvalue weighted by atomic mass is 9.48. The number of nitrogens with zero attached hydrogens (tertiary/aromatic N) is 1. The fraction of sp³-hybridized carbons (Fsp3) is 0.645. The lowest BCUT2D eigenvalue weighted by molar-refractivity contribution is -0.138. The summed E-state index contributed by atoms with van der Waals surface area (Å²) in [6.07, 6.45) is 16.5. The van der Waals surface area contributed by atoms with Crippen molar-refractivity contribution < 1.29 is 14.7 Å². The van der Waals surface area contributed by atoms with Crippen LogP contribution >= 0.6 is 0 Å². The standard InChI is InChI=1S/C31H41N3O3/c1-19(30(36)37)24-8-5-9-25(15-24)32-29(35)27-26(33-28(34-27)23-6-3-2-4-7-23)10-11-31-16-20-12-21(17-31)14-22(13-20)18-31/h5,8-9,15,19-23H,2-4,6-7,10-14,16-18H2,1H3,(H,32,35)(H,33,34)(H,36,37). The number of amides is 1. The highest BCUT2D eigenvalue weighted by Crippen LogP contribution is 2.61. The van der Waals surface area contributed by atoms with Gasteiger partial charge in [-0.25, -0.2) is 4.98 Å². The second-order valence-corrected chi connectivity index (χ2v) is 12.8. The van der Waals surface area contributed by atoms with Crippen molar-refractivity contribution in [3.05, 3.63) is 47.0 Å². The van der Waals surface area contributed by atoms with Crippen LogP contribution in [-0.2, 0) is 11.2 Å². The topological polar surface area (TPSA) is 95.1 Å². The van der Waals surface area contributed by atoms with Gasteiger partial charge in [-0.3, -0.25) is 9.59 Å². The van der Waals surface area contributed by atoms with Crippen molar-refractivity contribution in [1.82, 2.24) is 9.97 Å². The van der Waals surface area contributed by atoms with Crippen LogP contribution in [0.5, 0.6) is 0 Å². The minimum absolute atomic E-state index is 0.195. The van der Waals surface area contributed by atoms with Gasteiger partial charge in [0.05, 0.1) is 5.92 Å². The first kappa shape index (κ1) is 24.7. The van der Waals surface area contributed by atoms with Crippen molar-refractivity contribution >= 4 is 17.6 Å². The molecule has 2 aromatic rings. The SMILES string of the molecule is CC(C(=O)O)c1cccc(NC(=O)c2nc(C3CCCCC3)[nH]c2CCC23CC4CC(CC(C4)C2)C3)c1. The lowest BCUT2D eigenvalue weighted by Gasteiger charge is -2.57. The number of nitrogens with one attached hydrogen (secondary N) is 2. The average Bonchev–Trinajstić information content (AvgIpc) is 3.32. The lowest BCUT2D eigenvalue weighted by Crippen LogP contribution is -2.46. The van der Waals surface area contributed by atoms with Gasteiger partial charge in [0, 0.05) is 17.3 Å². The van der Waals surface area contributed by atoms with Crippen LogP contribution in [0.1, 0.15) is 123 Å². The van der Waals surface area contributed by atoms with Gasteiger partial charge in [0.1, 0.15) is 11.5 Å². The minimum atomic E-state index is -0.875. The van der Waals surface area contributed by atoms with Gasteiger partial charge in [-0.2, -0.15) is 0 Å². The molecule has 1 atom stereocenters. The molecule has 6 heteroatoms. The van der Waals surface area contributed by atoms with Crippen LogP contribution < -0.4 is 5.32 Å². The Morgan fingerprint density at radius 1 is 1.08 bits per heavy atom. The van der Waals surface area contributed by atoms with Crippen molar-refractivity contribution in [2.24, 2.45) is 23.2 Å². The molecule has 0 spiro atoms. The molecule has 1 aromatic carbocycles. The highest BCUT2D eigenvalue weighted by atomic mass is 16.4. The predicted octanol–water partition coefficient (Wildman–Crippen LogP) is 7.05. The zero-order chi connectivity index (χ0) is 25.6. The number of aryl methyl sites for hydroxylation is 1. The van der Waals surface area contributed by atoms with E-state index in [2.05, 4.69) is 10.3 Å². The van der Waals surface area contributed by atoms with Gasteiger partial charge in [0.2, 0.25) is 0 Å². The number of carbonyl (C=O) groups is 2. The first-order valence-corrected chi connectivity index (χ1v) is 14.6. The van der Waals surface area contributed by atoms with E-state index < -0.39 is 11.9 Å². The molecule has 0 aliphatic heterocycles. The molecule has 5 fully saturated rings. The van der Waals surface area contributed by atoms with Crippen LogP contribution in [0, 0.1) is 23.2 Å². The molecule has 1 heterocycles. The number of aromatic nitrogens is 2. The molecule has 37 heavy (non-hydrogen) atoms. The number of aliphatic carboxylic acids is 1. The quantitative estimate of drug-likeness (QED) is 0.360. The van der Waals surface area contributed by atoms with Crippen molar-refractivity contribution in [3.63, 3.8) is 0 Å². The van der Waals surface area contributed by atoms with Crippen LogP contribution in [0.15, 0.2) is 24.3 Å². The van der Waals surface area contributed by atoms with Crippen molar-refractivity contribution in [2.75, 3.05) is 5.32 Å². The third kappa shape index (κ3) is 5.08. The Morgan fingerprint density at radius 2 is 1.76 bits per heavy atom. The molecule has 0 saturated heterocycles. The highest BCUT2D eigenvalue weighted by molar-refractivity contribution is 6.03. The van der Waals surface area contributed by atoms with Crippen LogP contribution in [0.3, 0.4) is 0 Å². The molecule has 5 aliphatic carbocycles. The summed E-state index contributed by atoms with van der Waals surface area (Å²) in [6, 6.07) is 7.18. The van der Waals surface area contributed by atoms with Gasteiger partial charge in [-0.1, -0.05) is 31.4 Å². The second kappa shape index (κ2) is 9.92. The molecule has 1 amide bonds. The van der Waals surface area contributed by atoms with Crippen molar-refractivity contribution in [1.29, 1.82) is 0 Å². The summed E-state index contributed by atoms with van der Waals surface area (Å²) in [5, 5.41) is 12.4. The van der Waals surface area contributed by atoms with Crippen LogP contribution in [0.4, 0.5) is 5.69 Å². The molecule has 4 bridgehead atoms. The molecule has 0 radical (unpaired) electrons. The van der Waals surface area contributed by atoms with Crippen molar-refractivity contribution in [3.8, 4) is 0 Å². The molecular formula is C31H41N3O3. The van der Waals surface area contributed by atoms with Gasteiger partial charge in [0.15, 0.2) is 0 Å². The third-order valence-corrected chi connectivity index (χ3v) is 10.1. The first-order valence-electron chi connectivity index (χ1n) is 14.6. The Balaban J connectivity index is 1.23. The molecule has 1 aromatic heterocycles. The fourth-order valence-corrected chi connectivity index (χ4v) is 8.57. The highest BCUT2D eigenvalue weighted by Gasteiger charge is 2.50.